The van der Waals surface area contributed by atoms with Crippen LogP contribution in [-0.2, 0) is 20.9 Å². The number of primary amides is 1. The molecular weight excluding hydrogens is 476 g/mol. The van der Waals surface area contributed by atoms with Crippen molar-refractivity contribution in [3.8, 4) is 0 Å². The molecule has 7 rings (SSSR count). The van der Waals surface area contributed by atoms with E-state index in [-0.39, 0.29) is 29.7 Å². The Bertz CT molecular complexity index is 1210. The summed E-state index contributed by atoms with van der Waals surface area (Å²) >= 11 is -2.42. The average Bonchev–Trinajstić information content (AvgIpc) is 2.86. The summed E-state index contributed by atoms with van der Waals surface area (Å²) in [5.74, 6) is 0.570. The first-order valence-electron chi connectivity index (χ1n) is 13.2. The largest absolute Gasteiger partial charge is 0.369 e. The predicted molar refractivity (Wildman–Crippen MR) is 138 cm³/mol. The van der Waals surface area contributed by atoms with Crippen molar-refractivity contribution in [1.82, 2.24) is 10.3 Å². The number of fused-ring (bicyclic) bond motifs is 1. The van der Waals surface area contributed by atoms with E-state index in [9.17, 15) is 18.4 Å². The number of hydrogen-bond acceptors (Lipinski definition) is 4. The van der Waals surface area contributed by atoms with Gasteiger partial charge in [-0.25, -0.2) is 4.21 Å². The van der Waals surface area contributed by atoms with Crippen molar-refractivity contribution in [2.45, 2.75) is 75.8 Å². The minimum absolute atomic E-state index is 0.0278. The molecule has 8 nitrogen and oxygen atoms in total. The van der Waals surface area contributed by atoms with Gasteiger partial charge in [0.15, 0.2) is 0 Å². The fraction of sp³-hybridized carbons (Fsp3) is 0.593. The molecule has 3 atom stereocenters. The SMILES string of the molecule is NC(=O)C12CC3CC(C1)C(NC(=O)C1(N(c4cccc5cccnc45)S(=O)O)CCCCC1)C(C3)C2. The molecule has 5 aliphatic rings. The fourth-order valence-electron chi connectivity index (χ4n) is 8.22. The Morgan fingerprint density at radius 2 is 1.75 bits per heavy atom. The van der Waals surface area contributed by atoms with Crippen molar-refractivity contribution in [1.29, 1.82) is 0 Å². The molecule has 9 heteroatoms. The van der Waals surface area contributed by atoms with Gasteiger partial charge >= 0.3 is 0 Å². The molecule has 4 bridgehead atoms. The number of pyridine rings is 1. The Morgan fingerprint density at radius 1 is 1.06 bits per heavy atom. The van der Waals surface area contributed by atoms with Gasteiger partial charge in [0.1, 0.15) is 5.54 Å². The first-order valence-corrected chi connectivity index (χ1v) is 14.3. The maximum absolute atomic E-state index is 14.3. The predicted octanol–water partition coefficient (Wildman–Crippen LogP) is 3.68. The zero-order chi connectivity index (χ0) is 25.1. The highest BCUT2D eigenvalue weighted by Crippen LogP contribution is 2.60. The van der Waals surface area contributed by atoms with Crippen molar-refractivity contribution < 1.29 is 18.4 Å². The van der Waals surface area contributed by atoms with Crippen LogP contribution in [0, 0.1) is 23.2 Å². The van der Waals surface area contributed by atoms with E-state index >= 15 is 0 Å². The van der Waals surface area contributed by atoms with Gasteiger partial charge in [-0.3, -0.25) is 23.4 Å². The van der Waals surface area contributed by atoms with Crippen molar-refractivity contribution in [2.75, 3.05) is 4.31 Å². The van der Waals surface area contributed by atoms with Gasteiger partial charge in [0.05, 0.1) is 11.2 Å². The van der Waals surface area contributed by atoms with Crippen LogP contribution in [0.1, 0.15) is 64.2 Å². The number of amides is 2. The number of rotatable bonds is 6. The van der Waals surface area contributed by atoms with Crippen LogP contribution in [0.2, 0.25) is 0 Å². The van der Waals surface area contributed by atoms with Gasteiger partial charge in [0, 0.05) is 23.0 Å². The van der Waals surface area contributed by atoms with Gasteiger partial charge in [-0.15, -0.1) is 0 Å². The standard InChI is InChI=1S/C27H34N4O4S/c28-24(32)26-14-17-12-19(15-26)22(20(13-17)16-26)30-25(33)27(9-2-1-3-10-27)31(36(34)35)21-8-4-6-18-7-5-11-29-23(18)21/h4-8,11,17,19-20,22H,1-3,9-10,12-16H2,(H2,28,32)(H,30,33)(H,34,35). The molecule has 5 saturated carbocycles. The number of nitrogens with zero attached hydrogens (tertiary/aromatic N) is 2. The van der Waals surface area contributed by atoms with Gasteiger partial charge in [-0.2, -0.15) is 0 Å². The first kappa shape index (κ1) is 23.9. The van der Waals surface area contributed by atoms with Gasteiger partial charge in [-0.1, -0.05) is 37.5 Å². The van der Waals surface area contributed by atoms with E-state index in [1.165, 1.54) is 4.31 Å². The highest BCUT2D eigenvalue weighted by atomic mass is 32.2. The van der Waals surface area contributed by atoms with E-state index in [0.717, 1.165) is 56.8 Å². The normalized spacial score (nSPS) is 33.2. The van der Waals surface area contributed by atoms with E-state index in [2.05, 4.69) is 10.3 Å². The summed E-state index contributed by atoms with van der Waals surface area (Å²) in [4.78, 5) is 31.1. The Balaban J connectivity index is 1.36. The summed E-state index contributed by atoms with van der Waals surface area (Å²) in [6, 6.07) is 9.27. The number of aromatic nitrogens is 1. The molecule has 2 aromatic rings. The van der Waals surface area contributed by atoms with Crippen LogP contribution in [-0.4, -0.2) is 37.1 Å². The second-order valence-corrected chi connectivity index (χ2v) is 12.4. The molecule has 0 radical (unpaired) electrons. The van der Waals surface area contributed by atoms with Crippen LogP contribution in [0.3, 0.4) is 0 Å². The maximum atomic E-state index is 14.3. The number of carbonyl (C=O) groups excluding carboxylic acids is 2. The third-order valence-corrected chi connectivity index (χ3v) is 10.4. The molecule has 5 aliphatic carbocycles. The lowest BCUT2D eigenvalue weighted by atomic mass is 9.47. The Morgan fingerprint density at radius 3 is 2.42 bits per heavy atom. The molecule has 0 spiro atoms. The van der Waals surface area contributed by atoms with Crippen molar-refractivity contribution >= 4 is 39.7 Å². The summed E-state index contributed by atoms with van der Waals surface area (Å²) in [5.41, 5.74) is 5.41. The fourth-order valence-corrected chi connectivity index (χ4v) is 9.10. The molecule has 1 heterocycles. The molecule has 5 fully saturated rings. The number of carbonyl (C=O) groups is 2. The monoisotopic (exact) mass is 510 g/mol. The van der Waals surface area contributed by atoms with Crippen LogP contribution in [0.15, 0.2) is 36.5 Å². The maximum Gasteiger partial charge on any atom is 0.262 e. The first-order chi connectivity index (χ1) is 17.3. The third kappa shape index (κ3) is 3.65. The average molecular weight is 511 g/mol. The molecule has 4 N–H and O–H groups in total. The number of anilines is 1. The molecule has 3 unspecified atom stereocenters. The van der Waals surface area contributed by atoms with E-state index in [4.69, 9.17) is 5.73 Å². The summed E-state index contributed by atoms with van der Waals surface area (Å²) in [7, 11) is 0. The molecule has 2 amide bonds. The van der Waals surface area contributed by atoms with E-state index in [1.54, 1.807) is 12.3 Å². The Hall–Kier alpha value is -2.52. The van der Waals surface area contributed by atoms with Crippen molar-refractivity contribution in [2.24, 2.45) is 28.9 Å². The second-order valence-electron chi connectivity index (χ2n) is 11.6. The zero-order valence-corrected chi connectivity index (χ0v) is 21.2. The van der Waals surface area contributed by atoms with Gasteiger partial charge in [0.2, 0.25) is 11.8 Å². The minimum Gasteiger partial charge on any atom is -0.369 e. The van der Waals surface area contributed by atoms with Crippen LogP contribution in [0.4, 0.5) is 5.69 Å². The topological polar surface area (TPSA) is 126 Å². The zero-order valence-electron chi connectivity index (χ0n) is 20.4. The van der Waals surface area contributed by atoms with Crippen LogP contribution < -0.4 is 15.4 Å². The van der Waals surface area contributed by atoms with Gasteiger partial charge < -0.3 is 11.1 Å². The summed E-state index contributed by atoms with van der Waals surface area (Å²) in [6.07, 6.45) is 9.64. The third-order valence-electron chi connectivity index (χ3n) is 9.57. The molecule has 1 aromatic carbocycles. The Kier molecular flexibility index (Phi) is 5.83. The molecule has 192 valence electrons. The number of benzene rings is 1. The highest BCUT2D eigenvalue weighted by molar-refractivity contribution is 7.80. The van der Waals surface area contributed by atoms with E-state index in [0.29, 0.717) is 30.0 Å². The van der Waals surface area contributed by atoms with Crippen molar-refractivity contribution in [3.63, 3.8) is 0 Å². The smallest absolute Gasteiger partial charge is 0.262 e. The molecular formula is C27H34N4O4S. The number of nitrogens with one attached hydrogen (secondary N) is 1. The summed E-state index contributed by atoms with van der Waals surface area (Å²) < 4.78 is 25.0. The highest BCUT2D eigenvalue weighted by Gasteiger charge is 2.59. The van der Waals surface area contributed by atoms with Crippen LogP contribution >= 0.6 is 0 Å². The van der Waals surface area contributed by atoms with Gasteiger partial charge in [-0.05, 0) is 74.8 Å². The molecule has 0 saturated heterocycles. The lowest BCUT2D eigenvalue weighted by Gasteiger charge is -2.59. The number of hydrogen-bond donors (Lipinski definition) is 3. The molecule has 1 aromatic heterocycles. The van der Waals surface area contributed by atoms with Crippen LogP contribution in [0.5, 0.6) is 0 Å². The number of para-hydroxylation sites is 1. The summed E-state index contributed by atoms with van der Waals surface area (Å²) in [5, 5.41) is 4.24. The lowest BCUT2D eigenvalue weighted by Crippen LogP contribution is -2.67. The molecule has 0 aliphatic heterocycles. The Labute approximate surface area is 213 Å². The second kappa shape index (κ2) is 8.80. The van der Waals surface area contributed by atoms with E-state index in [1.807, 2.05) is 24.3 Å². The summed E-state index contributed by atoms with van der Waals surface area (Å²) in [6.45, 7) is 0. The lowest BCUT2D eigenvalue weighted by molar-refractivity contribution is -0.148. The van der Waals surface area contributed by atoms with Gasteiger partial charge in [0.25, 0.3) is 11.3 Å². The molecule has 36 heavy (non-hydrogen) atoms. The van der Waals surface area contributed by atoms with Crippen LogP contribution in [0.25, 0.3) is 10.9 Å². The van der Waals surface area contributed by atoms with Crippen molar-refractivity contribution in [3.05, 3.63) is 36.5 Å². The minimum atomic E-state index is -2.42. The quantitative estimate of drug-likeness (QED) is 0.511. The number of nitrogens with two attached hydrogens (primary N) is 1. The van der Waals surface area contributed by atoms with E-state index < -0.39 is 22.2 Å².